The summed E-state index contributed by atoms with van der Waals surface area (Å²) in [5.74, 6) is 1.02. The molecule has 0 aromatic rings. The molecule has 0 unspecified atom stereocenters. The molecule has 0 aliphatic carbocycles. The van der Waals surface area contributed by atoms with Crippen molar-refractivity contribution in [2.75, 3.05) is 46.5 Å². The Bertz CT molecular complexity index is 335. The second-order valence-electron chi connectivity index (χ2n) is 6.85. The van der Waals surface area contributed by atoms with Crippen LogP contribution in [0.5, 0.6) is 0 Å². The average molecular weight is 483 g/mol. The van der Waals surface area contributed by atoms with Gasteiger partial charge in [0.2, 0.25) is 0 Å². The second-order valence-corrected chi connectivity index (χ2v) is 6.85. The van der Waals surface area contributed by atoms with E-state index in [-0.39, 0.29) is 24.0 Å². The van der Waals surface area contributed by atoms with Crippen LogP contribution in [0.4, 0.5) is 0 Å². The van der Waals surface area contributed by atoms with Crippen molar-refractivity contribution in [1.29, 1.82) is 0 Å². The monoisotopic (exact) mass is 483 g/mol. The number of hydrogen-bond donors (Lipinski definition) is 1. The highest BCUT2D eigenvalue weighted by molar-refractivity contribution is 14.0. The van der Waals surface area contributed by atoms with Gasteiger partial charge in [-0.25, -0.2) is 0 Å². The average Bonchev–Trinajstić information content (AvgIpc) is 2.64. The fourth-order valence-electron chi connectivity index (χ4n) is 3.26. The minimum absolute atomic E-state index is 0. The molecule has 1 heterocycles. The van der Waals surface area contributed by atoms with E-state index in [1.54, 1.807) is 0 Å². The van der Waals surface area contributed by atoms with Gasteiger partial charge in [0.05, 0.1) is 6.10 Å². The number of likely N-dealkylation sites (tertiary alicyclic amines) is 1. The molecule has 0 aromatic heterocycles. The standard InChI is InChI=1S/C20H41N3O2.HI/c1-4-6-7-8-9-10-17-24-18-11-14-22-20(21-3)23-15-12-19(13-16-23)25-5-2;/h19H,4-18H2,1-3H3,(H,21,22);1H. The molecule has 1 rings (SSSR count). The summed E-state index contributed by atoms with van der Waals surface area (Å²) in [5.41, 5.74) is 0. The normalized spacial score (nSPS) is 15.8. The molecule has 0 spiro atoms. The number of aliphatic imine (C=N–C) groups is 1. The first kappa shape index (κ1) is 25.9. The summed E-state index contributed by atoms with van der Waals surface area (Å²) in [7, 11) is 1.87. The highest BCUT2D eigenvalue weighted by Crippen LogP contribution is 2.13. The Labute approximate surface area is 178 Å². The maximum absolute atomic E-state index is 5.73. The molecular formula is C20H42IN3O2. The predicted molar refractivity (Wildman–Crippen MR) is 122 cm³/mol. The van der Waals surface area contributed by atoms with E-state index in [1.165, 1.54) is 38.5 Å². The van der Waals surface area contributed by atoms with Crippen molar-refractivity contribution < 1.29 is 9.47 Å². The Morgan fingerprint density at radius 2 is 1.65 bits per heavy atom. The van der Waals surface area contributed by atoms with Crippen molar-refractivity contribution in [2.45, 2.75) is 77.7 Å². The number of halogens is 1. The third-order valence-electron chi connectivity index (χ3n) is 4.75. The van der Waals surface area contributed by atoms with E-state index in [2.05, 4.69) is 29.1 Å². The van der Waals surface area contributed by atoms with E-state index in [9.17, 15) is 0 Å². The molecule has 0 atom stereocenters. The van der Waals surface area contributed by atoms with Crippen LogP contribution in [-0.4, -0.2) is 63.5 Å². The largest absolute Gasteiger partial charge is 0.381 e. The summed E-state index contributed by atoms with van der Waals surface area (Å²) >= 11 is 0. The number of ether oxygens (including phenoxy) is 2. The molecule has 0 bridgehead atoms. The Morgan fingerprint density at radius 3 is 2.31 bits per heavy atom. The minimum atomic E-state index is 0. The van der Waals surface area contributed by atoms with Gasteiger partial charge in [0.1, 0.15) is 0 Å². The van der Waals surface area contributed by atoms with Crippen LogP contribution in [0.25, 0.3) is 0 Å². The minimum Gasteiger partial charge on any atom is -0.381 e. The van der Waals surface area contributed by atoms with Crippen LogP contribution in [0.1, 0.15) is 71.6 Å². The van der Waals surface area contributed by atoms with Crippen molar-refractivity contribution >= 4 is 29.9 Å². The lowest BCUT2D eigenvalue weighted by Gasteiger charge is -2.34. The van der Waals surface area contributed by atoms with Gasteiger partial charge in [-0.1, -0.05) is 39.0 Å². The van der Waals surface area contributed by atoms with Crippen LogP contribution in [0.2, 0.25) is 0 Å². The third kappa shape index (κ3) is 12.3. The summed E-state index contributed by atoms with van der Waals surface area (Å²) < 4.78 is 11.4. The van der Waals surface area contributed by atoms with Gasteiger partial charge in [0, 0.05) is 46.5 Å². The van der Waals surface area contributed by atoms with Crippen molar-refractivity contribution in [3.63, 3.8) is 0 Å². The van der Waals surface area contributed by atoms with Gasteiger partial charge in [0.15, 0.2) is 5.96 Å². The van der Waals surface area contributed by atoms with Crippen LogP contribution in [0, 0.1) is 0 Å². The fourth-order valence-corrected chi connectivity index (χ4v) is 3.26. The van der Waals surface area contributed by atoms with E-state index in [1.807, 2.05) is 7.05 Å². The zero-order valence-electron chi connectivity index (χ0n) is 17.3. The predicted octanol–water partition coefficient (Wildman–Crippen LogP) is 4.45. The van der Waals surface area contributed by atoms with Gasteiger partial charge in [0.25, 0.3) is 0 Å². The van der Waals surface area contributed by atoms with Crippen LogP contribution < -0.4 is 5.32 Å². The fraction of sp³-hybridized carbons (Fsp3) is 0.950. The van der Waals surface area contributed by atoms with Crippen molar-refractivity contribution in [3.8, 4) is 0 Å². The van der Waals surface area contributed by atoms with E-state index < -0.39 is 0 Å². The zero-order chi connectivity index (χ0) is 18.2. The molecule has 0 amide bonds. The van der Waals surface area contributed by atoms with Gasteiger partial charge in [-0.3, -0.25) is 4.99 Å². The molecule has 1 fully saturated rings. The number of piperidine rings is 1. The van der Waals surface area contributed by atoms with Crippen LogP contribution in [-0.2, 0) is 9.47 Å². The first-order valence-electron chi connectivity index (χ1n) is 10.5. The lowest BCUT2D eigenvalue weighted by atomic mass is 10.1. The van der Waals surface area contributed by atoms with E-state index in [4.69, 9.17) is 9.47 Å². The first-order valence-corrected chi connectivity index (χ1v) is 10.5. The van der Waals surface area contributed by atoms with Gasteiger partial charge in [-0.15, -0.1) is 24.0 Å². The Kier molecular flexibility index (Phi) is 18.2. The Hall–Kier alpha value is -0.0800. The number of nitrogens with one attached hydrogen (secondary N) is 1. The molecule has 0 radical (unpaired) electrons. The topological polar surface area (TPSA) is 46.1 Å². The number of rotatable bonds is 13. The van der Waals surface area contributed by atoms with Gasteiger partial charge < -0.3 is 19.7 Å². The second kappa shape index (κ2) is 18.3. The smallest absolute Gasteiger partial charge is 0.193 e. The van der Waals surface area contributed by atoms with E-state index in [0.717, 1.165) is 64.7 Å². The lowest BCUT2D eigenvalue weighted by Crippen LogP contribution is -2.47. The van der Waals surface area contributed by atoms with Crippen molar-refractivity contribution in [3.05, 3.63) is 0 Å². The molecule has 0 aromatic carbocycles. The summed E-state index contributed by atoms with van der Waals surface area (Å²) in [6.07, 6.45) is 11.6. The molecule has 156 valence electrons. The molecule has 1 saturated heterocycles. The molecule has 26 heavy (non-hydrogen) atoms. The number of hydrogen-bond acceptors (Lipinski definition) is 3. The summed E-state index contributed by atoms with van der Waals surface area (Å²) in [6.45, 7) is 9.87. The summed E-state index contributed by atoms with van der Waals surface area (Å²) in [5, 5.41) is 3.47. The quantitative estimate of drug-likeness (QED) is 0.182. The molecule has 1 aliphatic rings. The van der Waals surface area contributed by atoms with E-state index in [0.29, 0.717) is 6.10 Å². The number of nitrogens with zero attached hydrogens (tertiary/aromatic N) is 2. The van der Waals surface area contributed by atoms with Crippen molar-refractivity contribution in [2.24, 2.45) is 4.99 Å². The van der Waals surface area contributed by atoms with Crippen LogP contribution in [0.3, 0.4) is 0 Å². The summed E-state index contributed by atoms with van der Waals surface area (Å²) in [6, 6.07) is 0. The molecule has 0 saturated carbocycles. The van der Waals surface area contributed by atoms with Gasteiger partial charge in [-0.2, -0.15) is 0 Å². The van der Waals surface area contributed by atoms with Crippen LogP contribution in [0.15, 0.2) is 4.99 Å². The third-order valence-corrected chi connectivity index (χ3v) is 4.75. The maximum atomic E-state index is 5.73. The van der Waals surface area contributed by atoms with Crippen LogP contribution >= 0.6 is 24.0 Å². The highest BCUT2D eigenvalue weighted by atomic mass is 127. The molecular weight excluding hydrogens is 441 g/mol. The molecule has 5 nitrogen and oxygen atoms in total. The van der Waals surface area contributed by atoms with Crippen molar-refractivity contribution in [1.82, 2.24) is 10.2 Å². The molecule has 1 aliphatic heterocycles. The van der Waals surface area contributed by atoms with Gasteiger partial charge in [-0.05, 0) is 32.6 Å². The van der Waals surface area contributed by atoms with E-state index >= 15 is 0 Å². The zero-order valence-corrected chi connectivity index (χ0v) is 19.6. The first-order chi connectivity index (χ1) is 12.3. The van der Waals surface area contributed by atoms with Gasteiger partial charge >= 0.3 is 0 Å². The molecule has 1 N–H and O–H groups in total. The number of guanidine groups is 1. The Balaban J connectivity index is 0.00000625. The lowest BCUT2D eigenvalue weighted by molar-refractivity contribution is 0.0263. The number of unbranched alkanes of at least 4 members (excludes halogenated alkanes) is 5. The highest BCUT2D eigenvalue weighted by Gasteiger charge is 2.21. The molecule has 6 heteroatoms. The Morgan fingerprint density at radius 1 is 1.00 bits per heavy atom. The SMILES string of the molecule is CCCCCCCCOCCCNC(=NC)N1CCC(OCC)CC1.I. The maximum Gasteiger partial charge on any atom is 0.193 e. The summed E-state index contributed by atoms with van der Waals surface area (Å²) in [4.78, 5) is 6.76.